The second kappa shape index (κ2) is 5.17. The minimum Gasteiger partial charge on any atom is -0.391 e. The Kier molecular flexibility index (Phi) is 3.62. The third-order valence-corrected chi connectivity index (χ3v) is 2.86. The predicted octanol–water partition coefficient (Wildman–Crippen LogP) is 3.00. The van der Waals surface area contributed by atoms with Gasteiger partial charge in [-0.3, -0.25) is 0 Å². The Bertz CT molecular complexity index is 337. The molecule has 1 heterocycles. The molecule has 1 aliphatic heterocycles. The molecule has 1 unspecified atom stereocenters. The molecule has 0 fully saturated rings. The van der Waals surface area contributed by atoms with Gasteiger partial charge < -0.3 is 4.84 Å². The largest absolute Gasteiger partial charge is 0.391 e. The third kappa shape index (κ3) is 2.96. The molecule has 0 saturated heterocycles. The Labute approximate surface area is 94.9 Å². The summed E-state index contributed by atoms with van der Waals surface area (Å²) in [7, 11) is 0. The van der Waals surface area contributed by atoms with E-state index < -0.39 is 0 Å². The summed E-state index contributed by atoms with van der Waals surface area (Å²) in [6.45, 7) is 0. The number of alkyl halides is 1. The molecule has 3 heteroatoms. The molecule has 2 nitrogen and oxygen atoms in total. The van der Waals surface area contributed by atoms with E-state index in [-0.39, 0.29) is 6.10 Å². The van der Waals surface area contributed by atoms with E-state index in [0.29, 0.717) is 5.88 Å². The van der Waals surface area contributed by atoms with Gasteiger partial charge in [0.15, 0.2) is 0 Å². The molecule has 0 N–H and O–H groups in total. The van der Waals surface area contributed by atoms with Crippen LogP contribution < -0.4 is 0 Å². The highest BCUT2D eigenvalue weighted by atomic mass is 35.5. The van der Waals surface area contributed by atoms with E-state index >= 15 is 0 Å². The summed E-state index contributed by atoms with van der Waals surface area (Å²) >= 11 is 5.69. The van der Waals surface area contributed by atoms with Gasteiger partial charge >= 0.3 is 0 Å². The lowest BCUT2D eigenvalue weighted by Crippen LogP contribution is -2.09. The Morgan fingerprint density at radius 1 is 1.27 bits per heavy atom. The van der Waals surface area contributed by atoms with Crippen molar-refractivity contribution < 1.29 is 4.84 Å². The summed E-state index contributed by atoms with van der Waals surface area (Å²) < 4.78 is 0. The number of hydrogen-bond acceptors (Lipinski definition) is 2. The average Bonchev–Trinajstić information content (AvgIpc) is 2.76. The quantitative estimate of drug-likeness (QED) is 0.720. The van der Waals surface area contributed by atoms with Gasteiger partial charge in [-0.2, -0.15) is 0 Å². The molecule has 0 aliphatic carbocycles. The highest BCUT2D eigenvalue weighted by Gasteiger charge is 2.19. The fraction of sp³-hybridized carbons (Fsp3) is 0.417. The topological polar surface area (TPSA) is 21.6 Å². The summed E-state index contributed by atoms with van der Waals surface area (Å²) in [4.78, 5) is 5.16. The smallest absolute Gasteiger partial charge is 0.146 e. The van der Waals surface area contributed by atoms with Gasteiger partial charge in [0.1, 0.15) is 6.10 Å². The highest BCUT2D eigenvalue weighted by molar-refractivity contribution is 6.18. The minimum atomic E-state index is 0.0949. The molecule has 80 valence electrons. The zero-order valence-electron chi connectivity index (χ0n) is 8.53. The Hall–Kier alpha value is -1.02. The van der Waals surface area contributed by atoms with E-state index in [4.69, 9.17) is 16.4 Å². The summed E-state index contributed by atoms with van der Waals surface area (Å²) in [6.07, 6.45) is 2.98. The first-order valence-corrected chi connectivity index (χ1v) is 5.73. The summed E-state index contributed by atoms with van der Waals surface area (Å²) in [5.74, 6) is 0.526. The molecule has 0 saturated carbocycles. The molecule has 0 aromatic heterocycles. The van der Waals surface area contributed by atoms with E-state index in [0.717, 1.165) is 25.0 Å². The van der Waals surface area contributed by atoms with Crippen LogP contribution in [0.5, 0.6) is 0 Å². The maximum absolute atomic E-state index is 5.69. The first-order chi connectivity index (χ1) is 7.38. The van der Waals surface area contributed by atoms with Gasteiger partial charge in [-0.05, 0) is 18.4 Å². The average molecular weight is 224 g/mol. The van der Waals surface area contributed by atoms with Crippen molar-refractivity contribution in [2.75, 3.05) is 5.88 Å². The monoisotopic (exact) mass is 223 g/mol. The van der Waals surface area contributed by atoms with E-state index in [1.807, 2.05) is 6.07 Å². The molecular formula is C12H14ClNO. The van der Waals surface area contributed by atoms with Crippen LogP contribution in [-0.2, 0) is 11.3 Å². The number of benzene rings is 1. The van der Waals surface area contributed by atoms with Crippen molar-refractivity contribution in [2.45, 2.75) is 25.4 Å². The molecule has 0 amide bonds. The van der Waals surface area contributed by atoms with Crippen LogP contribution in [0.4, 0.5) is 0 Å². The zero-order valence-corrected chi connectivity index (χ0v) is 9.28. The number of hydrogen-bond donors (Lipinski definition) is 0. The Morgan fingerprint density at radius 2 is 2.07 bits per heavy atom. The van der Waals surface area contributed by atoms with Crippen LogP contribution in [-0.4, -0.2) is 17.7 Å². The fourth-order valence-electron chi connectivity index (χ4n) is 1.65. The second-order valence-electron chi connectivity index (χ2n) is 3.73. The number of halogens is 1. The number of rotatable bonds is 4. The molecule has 1 aromatic carbocycles. The van der Waals surface area contributed by atoms with E-state index in [1.165, 1.54) is 5.56 Å². The van der Waals surface area contributed by atoms with Crippen molar-refractivity contribution in [3.8, 4) is 0 Å². The zero-order chi connectivity index (χ0) is 10.5. The molecule has 1 aromatic rings. The fourth-order valence-corrected chi connectivity index (χ4v) is 1.82. The first-order valence-electron chi connectivity index (χ1n) is 5.20. The van der Waals surface area contributed by atoms with E-state index in [2.05, 4.69) is 29.4 Å². The normalized spacial score (nSPS) is 19.8. The molecule has 0 bridgehead atoms. The number of oxime groups is 1. The maximum atomic E-state index is 5.69. The molecule has 1 atom stereocenters. The van der Waals surface area contributed by atoms with Crippen molar-refractivity contribution >= 4 is 17.3 Å². The van der Waals surface area contributed by atoms with Crippen LogP contribution in [0.3, 0.4) is 0 Å². The van der Waals surface area contributed by atoms with Crippen molar-refractivity contribution in [3.05, 3.63) is 35.9 Å². The minimum absolute atomic E-state index is 0.0949. The van der Waals surface area contributed by atoms with Crippen molar-refractivity contribution in [1.29, 1.82) is 0 Å². The first kappa shape index (κ1) is 10.5. The summed E-state index contributed by atoms with van der Waals surface area (Å²) in [5, 5.41) is 4.04. The number of nitrogens with zero attached hydrogens (tertiary/aromatic N) is 1. The highest BCUT2D eigenvalue weighted by Crippen LogP contribution is 2.15. The van der Waals surface area contributed by atoms with E-state index in [9.17, 15) is 0 Å². The van der Waals surface area contributed by atoms with Crippen LogP contribution in [0.1, 0.15) is 18.4 Å². The summed E-state index contributed by atoms with van der Waals surface area (Å²) in [6, 6.07) is 10.4. The molecular weight excluding hydrogens is 210 g/mol. The van der Waals surface area contributed by atoms with Gasteiger partial charge in [0, 0.05) is 6.42 Å². The van der Waals surface area contributed by atoms with Crippen molar-refractivity contribution in [3.63, 3.8) is 0 Å². The molecule has 0 radical (unpaired) electrons. The molecule has 15 heavy (non-hydrogen) atoms. The predicted molar refractivity (Wildman–Crippen MR) is 62.4 cm³/mol. The third-order valence-electron chi connectivity index (χ3n) is 2.51. The van der Waals surface area contributed by atoms with Crippen LogP contribution in [0.25, 0.3) is 0 Å². The van der Waals surface area contributed by atoms with Crippen molar-refractivity contribution in [2.24, 2.45) is 5.16 Å². The maximum Gasteiger partial charge on any atom is 0.146 e. The summed E-state index contributed by atoms with van der Waals surface area (Å²) in [5.41, 5.74) is 2.47. The van der Waals surface area contributed by atoms with Crippen LogP contribution in [0.2, 0.25) is 0 Å². The van der Waals surface area contributed by atoms with Crippen LogP contribution >= 0.6 is 11.6 Å². The van der Waals surface area contributed by atoms with Gasteiger partial charge in [-0.25, -0.2) is 0 Å². The van der Waals surface area contributed by atoms with Gasteiger partial charge in [0.05, 0.1) is 11.6 Å². The standard InChI is InChI=1S/C12H14ClNO/c13-9-12-8-11(14-15-12)7-6-10-4-2-1-3-5-10/h1-5,12H,6-9H2. The van der Waals surface area contributed by atoms with Crippen molar-refractivity contribution in [1.82, 2.24) is 0 Å². The van der Waals surface area contributed by atoms with Crippen LogP contribution in [0, 0.1) is 0 Å². The van der Waals surface area contributed by atoms with Gasteiger partial charge in [0.25, 0.3) is 0 Å². The van der Waals surface area contributed by atoms with Crippen LogP contribution in [0.15, 0.2) is 35.5 Å². The lowest BCUT2D eigenvalue weighted by Gasteiger charge is -2.01. The molecule has 1 aliphatic rings. The number of aryl methyl sites for hydroxylation is 1. The molecule has 0 spiro atoms. The van der Waals surface area contributed by atoms with Gasteiger partial charge in [0.2, 0.25) is 0 Å². The van der Waals surface area contributed by atoms with Gasteiger partial charge in [-0.15, -0.1) is 11.6 Å². The lowest BCUT2D eigenvalue weighted by atomic mass is 10.0. The molecule has 2 rings (SSSR count). The second-order valence-corrected chi connectivity index (χ2v) is 4.04. The Morgan fingerprint density at radius 3 is 2.73 bits per heavy atom. The lowest BCUT2D eigenvalue weighted by molar-refractivity contribution is 0.102. The van der Waals surface area contributed by atoms with Gasteiger partial charge in [-0.1, -0.05) is 35.5 Å². The SMILES string of the molecule is ClCC1CC(CCc2ccccc2)=NO1. The Balaban J connectivity index is 1.80. The van der Waals surface area contributed by atoms with E-state index in [1.54, 1.807) is 0 Å².